The van der Waals surface area contributed by atoms with Gasteiger partial charge < -0.3 is 10.2 Å². The Morgan fingerprint density at radius 2 is 1.81 bits per heavy atom. The molecule has 27 heavy (non-hydrogen) atoms. The summed E-state index contributed by atoms with van der Waals surface area (Å²) >= 11 is 0. The molecular formula is C22H24N4O. The van der Waals surface area contributed by atoms with Gasteiger partial charge in [0, 0.05) is 29.7 Å². The van der Waals surface area contributed by atoms with Crippen LogP contribution in [0.25, 0.3) is 10.9 Å². The van der Waals surface area contributed by atoms with E-state index in [1.807, 2.05) is 50.2 Å². The van der Waals surface area contributed by atoms with Gasteiger partial charge in [0.15, 0.2) is 0 Å². The molecule has 2 heterocycles. The number of aromatic nitrogens is 2. The maximum atomic E-state index is 12.7. The second kappa shape index (κ2) is 7.35. The molecule has 5 heteroatoms. The minimum atomic E-state index is -0.0964. The number of carbonyl (C=O) groups is 1. The summed E-state index contributed by atoms with van der Waals surface area (Å²) in [6, 6.07) is 11.8. The zero-order valence-corrected chi connectivity index (χ0v) is 15.8. The van der Waals surface area contributed by atoms with E-state index in [4.69, 9.17) is 0 Å². The van der Waals surface area contributed by atoms with Gasteiger partial charge in [0.25, 0.3) is 5.91 Å². The average molecular weight is 360 g/mol. The summed E-state index contributed by atoms with van der Waals surface area (Å²) in [5.74, 6) is 0.896. The Bertz CT molecular complexity index is 993. The third-order valence-corrected chi connectivity index (χ3v) is 5.17. The lowest BCUT2D eigenvalue weighted by Crippen LogP contribution is -2.30. The summed E-state index contributed by atoms with van der Waals surface area (Å²) in [6.07, 6.45) is 5.31. The fraction of sp³-hybridized carbons (Fsp3) is 0.318. The Labute approximate surface area is 159 Å². The molecule has 0 spiro atoms. The van der Waals surface area contributed by atoms with E-state index in [1.54, 1.807) is 6.33 Å². The topological polar surface area (TPSA) is 58.1 Å². The average Bonchev–Trinajstić information content (AvgIpc) is 2.69. The highest BCUT2D eigenvalue weighted by Gasteiger charge is 2.16. The second-order valence-electron chi connectivity index (χ2n) is 7.25. The summed E-state index contributed by atoms with van der Waals surface area (Å²) in [5.41, 5.74) is 4.34. The Morgan fingerprint density at radius 1 is 1.00 bits per heavy atom. The van der Waals surface area contributed by atoms with E-state index < -0.39 is 0 Å². The molecule has 1 saturated heterocycles. The molecule has 3 aromatic rings. The van der Waals surface area contributed by atoms with E-state index in [0.717, 1.165) is 46.6 Å². The standard InChI is InChI=1S/C22H24N4O/c1-15-6-7-16(2)19(12-15)22(27)25-17-8-9-18-20(13-17)23-14-24-21(18)26-10-4-3-5-11-26/h6-9,12-14H,3-5,10-11H2,1-2H3,(H,25,27). The first kappa shape index (κ1) is 17.5. The number of carbonyl (C=O) groups excluding carboxylic acids is 1. The number of hydrogen-bond donors (Lipinski definition) is 1. The smallest absolute Gasteiger partial charge is 0.255 e. The van der Waals surface area contributed by atoms with Crippen molar-refractivity contribution in [2.45, 2.75) is 33.1 Å². The van der Waals surface area contributed by atoms with Gasteiger partial charge in [-0.05, 0) is 62.9 Å². The highest BCUT2D eigenvalue weighted by atomic mass is 16.1. The second-order valence-corrected chi connectivity index (χ2v) is 7.25. The lowest BCUT2D eigenvalue weighted by molar-refractivity contribution is 0.102. The molecule has 1 aromatic heterocycles. The number of nitrogens with one attached hydrogen (secondary N) is 1. The molecule has 1 aliphatic rings. The number of nitrogens with zero attached hydrogens (tertiary/aromatic N) is 3. The largest absolute Gasteiger partial charge is 0.356 e. The van der Waals surface area contributed by atoms with Gasteiger partial charge in [-0.3, -0.25) is 4.79 Å². The van der Waals surface area contributed by atoms with Gasteiger partial charge in [-0.25, -0.2) is 9.97 Å². The van der Waals surface area contributed by atoms with Gasteiger partial charge in [-0.1, -0.05) is 17.7 Å². The number of fused-ring (bicyclic) bond motifs is 1. The van der Waals surface area contributed by atoms with Gasteiger partial charge in [-0.2, -0.15) is 0 Å². The zero-order chi connectivity index (χ0) is 18.8. The van der Waals surface area contributed by atoms with Crippen LogP contribution in [0.3, 0.4) is 0 Å². The zero-order valence-electron chi connectivity index (χ0n) is 15.8. The number of anilines is 2. The minimum absolute atomic E-state index is 0.0964. The molecule has 1 amide bonds. The first-order chi connectivity index (χ1) is 13.1. The van der Waals surface area contributed by atoms with E-state index in [0.29, 0.717) is 5.56 Å². The highest BCUT2D eigenvalue weighted by Crippen LogP contribution is 2.27. The number of hydrogen-bond acceptors (Lipinski definition) is 4. The third kappa shape index (κ3) is 3.63. The summed E-state index contributed by atoms with van der Waals surface area (Å²) in [4.78, 5) is 24.0. The summed E-state index contributed by atoms with van der Waals surface area (Å²) < 4.78 is 0. The number of benzene rings is 2. The molecule has 0 bridgehead atoms. The lowest BCUT2D eigenvalue weighted by atomic mass is 10.0. The van der Waals surface area contributed by atoms with Crippen LogP contribution in [0.1, 0.15) is 40.7 Å². The fourth-order valence-corrected chi connectivity index (χ4v) is 3.66. The van der Waals surface area contributed by atoms with Crippen LogP contribution in [0, 0.1) is 13.8 Å². The van der Waals surface area contributed by atoms with Crippen LogP contribution < -0.4 is 10.2 Å². The molecule has 0 unspecified atom stereocenters. The van der Waals surface area contributed by atoms with Crippen molar-refractivity contribution >= 4 is 28.3 Å². The lowest BCUT2D eigenvalue weighted by Gasteiger charge is -2.28. The van der Waals surface area contributed by atoms with Crippen molar-refractivity contribution in [1.29, 1.82) is 0 Å². The van der Waals surface area contributed by atoms with Crippen molar-refractivity contribution < 1.29 is 4.79 Å². The molecule has 4 rings (SSSR count). The molecule has 1 fully saturated rings. The summed E-state index contributed by atoms with van der Waals surface area (Å²) in [5, 5.41) is 4.04. The SMILES string of the molecule is Cc1ccc(C)c(C(=O)Nc2ccc3c(N4CCCCC4)ncnc3c2)c1. The van der Waals surface area contributed by atoms with Crippen LogP contribution >= 0.6 is 0 Å². The van der Waals surface area contributed by atoms with Crippen LogP contribution in [0.2, 0.25) is 0 Å². The first-order valence-corrected chi connectivity index (χ1v) is 9.50. The number of piperidine rings is 1. The van der Waals surface area contributed by atoms with E-state index in [-0.39, 0.29) is 5.91 Å². The Balaban J connectivity index is 1.62. The van der Waals surface area contributed by atoms with Crippen LogP contribution in [-0.4, -0.2) is 29.0 Å². The quantitative estimate of drug-likeness (QED) is 0.748. The predicted octanol–water partition coefficient (Wildman–Crippen LogP) is 4.49. The van der Waals surface area contributed by atoms with Gasteiger partial charge >= 0.3 is 0 Å². The number of aryl methyl sites for hydroxylation is 2. The highest BCUT2D eigenvalue weighted by molar-refractivity contribution is 6.06. The Morgan fingerprint density at radius 3 is 2.63 bits per heavy atom. The van der Waals surface area contributed by atoms with Crippen molar-refractivity contribution in [3.8, 4) is 0 Å². The molecule has 0 aliphatic carbocycles. The summed E-state index contributed by atoms with van der Waals surface area (Å²) in [6.45, 7) is 6.02. The maximum absolute atomic E-state index is 12.7. The third-order valence-electron chi connectivity index (χ3n) is 5.17. The molecule has 1 aliphatic heterocycles. The molecule has 5 nitrogen and oxygen atoms in total. The fourth-order valence-electron chi connectivity index (χ4n) is 3.66. The van der Waals surface area contributed by atoms with Crippen LogP contribution in [0.15, 0.2) is 42.7 Å². The van der Waals surface area contributed by atoms with Crippen LogP contribution in [-0.2, 0) is 0 Å². The van der Waals surface area contributed by atoms with Gasteiger partial charge in [0.05, 0.1) is 5.52 Å². The van der Waals surface area contributed by atoms with Crippen LogP contribution in [0.4, 0.5) is 11.5 Å². The van der Waals surface area contributed by atoms with Crippen molar-refractivity contribution in [3.63, 3.8) is 0 Å². The Hall–Kier alpha value is -2.95. The number of rotatable bonds is 3. The van der Waals surface area contributed by atoms with Crippen molar-refractivity contribution in [1.82, 2.24) is 9.97 Å². The van der Waals surface area contributed by atoms with Crippen molar-refractivity contribution in [2.24, 2.45) is 0 Å². The van der Waals surface area contributed by atoms with Crippen molar-refractivity contribution in [3.05, 3.63) is 59.4 Å². The van der Waals surface area contributed by atoms with Crippen LogP contribution in [0.5, 0.6) is 0 Å². The predicted molar refractivity (Wildman–Crippen MR) is 109 cm³/mol. The maximum Gasteiger partial charge on any atom is 0.255 e. The van der Waals surface area contributed by atoms with E-state index in [9.17, 15) is 4.79 Å². The van der Waals surface area contributed by atoms with E-state index in [1.165, 1.54) is 19.3 Å². The molecule has 0 atom stereocenters. The molecule has 0 saturated carbocycles. The molecule has 1 N–H and O–H groups in total. The normalized spacial score (nSPS) is 14.4. The number of amides is 1. The molecule has 138 valence electrons. The van der Waals surface area contributed by atoms with Gasteiger partial charge in [-0.15, -0.1) is 0 Å². The van der Waals surface area contributed by atoms with Gasteiger partial charge in [0.1, 0.15) is 12.1 Å². The Kier molecular flexibility index (Phi) is 4.75. The first-order valence-electron chi connectivity index (χ1n) is 9.50. The van der Waals surface area contributed by atoms with Crippen molar-refractivity contribution in [2.75, 3.05) is 23.3 Å². The molecular weight excluding hydrogens is 336 g/mol. The molecule has 0 radical (unpaired) electrons. The summed E-state index contributed by atoms with van der Waals surface area (Å²) in [7, 11) is 0. The molecule has 2 aromatic carbocycles. The monoisotopic (exact) mass is 360 g/mol. The van der Waals surface area contributed by atoms with E-state index in [2.05, 4.69) is 20.2 Å². The van der Waals surface area contributed by atoms with E-state index >= 15 is 0 Å². The van der Waals surface area contributed by atoms with Gasteiger partial charge in [0.2, 0.25) is 0 Å². The minimum Gasteiger partial charge on any atom is -0.356 e.